The molecule has 2 aromatic rings. The highest BCUT2D eigenvalue weighted by Crippen LogP contribution is 2.27. The van der Waals surface area contributed by atoms with E-state index in [9.17, 15) is 0 Å². The first-order valence-electron chi connectivity index (χ1n) is 5.07. The molecule has 0 spiro atoms. The summed E-state index contributed by atoms with van der Waals surface area (Å²) in [7, 11) is 3.70. The highest BCUT2D eigenvalue weighted by atomic mass is 35.5. The zero-order valence-electron chi connectivity index (χ0n) is 9.76. The highest BCUT2D eigenvalue weighted by molar-refractivity contribution is 7.99. The molecule has 0 fully saturated rings. The molecular weight excluding hydrogens is 291 g/mol. The number of benzene rings is 1. The van der Waals surface area contributed by atoms with Crippen LogP contribution < -0.4 is 4.90 Å². The van der Waals surface area contributed by atoms with Gasteiger partial charge in [-0.05, 0) is 47.6 Å². The first-order chi connectivity index (χ1) is 8.54. The molecule has 1 aromatic heterocycles. The molecule has 1 heterocycles. The number of rotatable bonds is 3. The normalized spacial score (nSPS) is 10.4. The topological polar surface area (TPSA) is 41.9 Å². The van der Waals surface area contributed by atoms with E-state index in [1.165, 1.54) is 11.8 Å². The molecule has 0 saturated carbocycles. The Kier molecular flexibility index (Phi) is 4.27. The lowest BCUT2D eigenvalue weighted by Crippen LogP contribution is -2.13. The van der Waals surface area contributed by atoms with Gasteiger partial charge in [0.25, 0.3) is 0 Å². The predicted molar refractivity (Wildman–Crippen MR) is 74.7 cm³/mol. The van der Waals surface area contributed by atoms with Crippen molar-refractivity contribution < 1.29 is 0 Å². The highest BCUT2D eigenvalue weighted by Gasteiger charge is 2.08. The molecule has 0 amide bonds. The van der Waals surface area contributed by atoms with Crippen molar-refractivity contribution in [3.05, 3.63) is 34.6 Å². The van der Waals surface area contributed by atoms with E-state index in [1.54, 1.807) is 4.90 Å². The van der Waals surface area contributed by atoms with Crippen LogP contribution in [0.4, 0.5) is 5.95 Å². The maximum absolute atomic E-state index is 5.86. The van der Waals surface area contributed by atoms with Gasteiger partial charge in [-0.25, -0.2) is 0 Å². The van der Waals surface area contributed by atoms with E-state index in [4.69, 9.17) is 23.2 Å². The third-order valence-electron chi connectivity index (χ3n) is 2.00. The Morgan fingerprint density at radius 1 is 1.00 bits per heavy atom. The van der Waals surface area contributed by atoms with Crippen molar-refractivity contribution in [3.8, 4) is 0 Å². The summed E-state index contributed by atoms with van der Waals surface area (Å²) in [5, 5.41) is 1.44. The molecule has 0 atom stereocenters. The SMILES string of the molecule is CN(C)c1nc(Cl)nc(Sc2ccc(Cl)cc2)n1. The quantitative estimate of drug-likeness (QED) is 0.869. The molecule has 1 aromatic carbocycles. The van der Waals surface area contributed by atoms with Crippen LogP contribution in [-0.2, 0) is 0 Å². The van der Waals surface area contributed by atoms with Gasteiger partial charge in [-0.2, -0.15) is 15.0 Å². The molecule has 7 heteroatoms. The van der Waals surface area contributed by atoms with Crippen LogP contribution >= 0.6 is 35.0 Å². The molecule has 18 heavy (non-hydrogen) atoms. The van der Waals surface area contributed by atoms with Crippen LogP contribution in [0.1, 0.15) is 0 Å². The van der Waals surface area contributed by atoms with Crippen molar-refractivity contribution in [2.24, 2.45) is 0 Å². The van der Waals surface area contributed by atoms with Crippen LogP contribution in [-0.4, -0.2) is 29.0 Å². The van der Waals surface area contributed by atoms with Gasteiger partial charge in [-0.3, -0.25) is 0 Å². The number of aromatic nitrogens is 3. The summed E-state index contributed by atoms with van der Waals surface area (Å²) in [4.78, 5) is 15.2. The number of halogens is 2. The molecule has 2 rings (SSSR count). The Balaban J connectivity index is 2.26. The van der Waals surface area contributed by atoms with Crippen LogP contribution in [0, 0.1) is 0 Å². The Bertz CT molecular complexity index is 545. The molecular formula is C11H10Cl2N4S. The maximum atomic E-state index is 5.86. The second kappa shape index (κ2) is 5.73. The monoisotopic (exact) mass is 300 g/mol. The van der Waals surface area contributed by atoms with Crippen molar-refractivity contribution in [2.45, 2.75) is 10.1 Å². The zero-order valence-corrected chi connectivity index (χ0v) is 12.1. The molecule has 0 aliphatic carbocycles. The van der Waals surface area contributed by atoms with Crippen molar-refractivity contribution in [3.63, 3.8) is 0 Å². The molecule has 0 N–H and O–H groups in total. The fraction of sp³-hybridized carbons (Fsp3) is 0.182. The first-order valence-corrected chi connectivity index (χ1v) is 6.64. The van der Waals surface area contributed by atoms with Gasteiger partial charge in [0.1, 0.15) is 0 Å². The average Bonchev–Trinajstić information content (AvgIpc) is 2.31. The maximum Gasteiger partial charge on any atom is 0.230 e. The lowest BCUT2D eigenvalue weighted by molar-refractivity contribution is 0.866. The second-order valence-corrected chi connectivity index (χ2v) is 5.45. The molecule has 0 aliphatic rings. The van der Waals surface area contributed by atoms with Gasteiger partial charge in [0.05, 0.1) is 0 Å². The molecule has 0 aliphatic heterocycles. The summed E-state index contributed by atoms with van der Waals surface area (Å²) in [6.45, 7) is 0. The largest absolute Gasteiger partial charge is 0.347 e. The van der Waals surface area contributed by atoms with Gasteiger partial charge in [0.15, 0.2) is 5.16 Å². The molecule has 0 unspecified atom stereocenters. The van der Waals surface area contributed by atoms with Crippen LogP contribution in [0.15, 0.2) is 34.3 Å². The minimum atomic E-state index is 0.185. The standard InChI is InChI=1S/C11H10Cl2N4S/c1-17(2)10-14-9(13)15-11(16-10)18-8-5-3-7(12)4-6-8/h3-6H,1-2H3. The zero-order chi connectivity index (χ0) is 13.1. The Morgan fingerprint density at radius 2 is 1.67 bits per heavy atom. The second-order valence-electron chi connectivity index (χ2n) is 3.64. The van der Waals surface area contributed by atoms with Gasteiger partial charge >= 0.3 is 0 Å². The van der Waals surface area contributed by atoms with E-state index < -0.39 is 0 Å². The number of hydrogen-bond acceptors (Lipinski definition) is 5. The fourth-order valence-corrected chi connectivity index (χ4v) is 2.25. The molecule has 0 bridgehead atoms. The minimum absolute atomic E-state index is 0.185. The van der Waals surface area contributed by atoms with Gasteiger partial charge < -0.3 is 4.90 Å². The van der Waals surface area contributed by atoms with E-state index in [0.29, 0.717) is 16.1 Å². The third kappa shape index (κ3) is 3.48. The van der Waals surface area contributed by atoms with Crippen molar-refractivity contribution in [1.82, 2.24) is 15.0 Å². The summed E-state index contributed by atoms with van der Waals surface area (Å²) in [5.41, 5.74) is 0. The smallest absolute Gasteiger partial charge is 0.230 e. The van der Waals surface area contributed by atoms with E-state index >= 15 is 0 Å². The average molecular weight is 301 g/mol. The van der Waals surface area contributed by atoms with Crippen molar-refractivity contribution >= 4 is 40.9 Å². The fourth-order valence-electron chi connectivity index (χ4n) is 1.18. The molecule has 4 nitrogen and oxygen atoms in total. The summed E-state index contributed by atoms with van der Waals surface area (Å²) >= 11 is 13.1. The van der Waals surface area contributed by atoms with Crippen LogP contribution in [0.5, 0.6) is 0 Å². The third-order valence-corrected chi connectivity index (χ3v) is 3.29. The van der Waals surface area contributed by atoms with E-state index in [-0.39, 0.29) is 5.28 Å². The number of anilines is 1. The molecule has 0 radical (unpaired) electrons. The van der Waals surface area contributed by atoms with Crippen molar-refractivity contribution in [1.29, 1.82) is 0 Å². The predicted octanol–water partition coefficient (Wildman–Crippen LogP) is 3.40. The van der Waals surface area contributed by atoms with Crippen LogP contribution in [0.3, 0.4) is 0 Å². The van der Waals surface area contributed by atoms with Gasteiger partial charge in [0.2, 0.25) is 11.2 Å². The van der Waals surface area contributed by atoms with Crippen LogP contribution in [0.25, 0.3) is 0 Å². The summed E-state index contributed by atoms with van der Waals surface area (Å²) in [6.07, 6.45) is 0. The van der Waals surface area contributed by atoms with Crippen molar-refractivity contribution in [2.75, 3.05) is 19.0 Å². The lowest BCUT2D eigenvalue weighted by Gasteiger charge is -2.10. The summed E-state index contributed by atoms with van der Waals surface area (Å²) < 4.78 is 0. The van der Waals surface area contributed by atoms with Gasteiger partial charge in [-0.15, -0.1) is 0 Å². The van der Waals surface area contributed by atoms with Gasteiger partial charge in [0, 0.05) is 24.0 Å². The summed E-state index contributed by atoms with van der Waals surface area (Å²) in [6, 6.07) is 7.44. The summed E-state index contributed by atoms with van der Waals surface area (Å²) in [5.74, 6) is 0.534. The molecule has 0 saturated heterocycles. The van der Waals surface area contributed by atoms with E-state index in [1.807, 2.05) is 38.4 Å². The Morgan fingerprint density at radius 3 is 2.28 bits per heavy atom. The minimum Gasteiger partial charge on any atom is -0.347 e. The first kappa shape index (κ1) is 13.4. The lowest BCUT2D eigenvalue weighted by atomic mass is 10.4. The van der Waals surface area contributed by atoms with Gasteiger partial charge in [-0.1, -0.05) is 11.6 Å². The number of hydrogen-bond donors (Lipinski definition) is 0. The Labute approximate surface area is 119 Å². The Hall–Kier alpha value is -1.04. The van der Waals surface area contributed by atoms with E-state index in [2.05, 4.69) is 15.0 Å². The molecule has 94 valence electrons. The number of nitrogens with zero attached hydrogens (tertiary/aromatic N) is 4. The van der Waals surface area contributed by atoms with E-state index in [0.717, 1.165) is 4.90 Å². The van der Waals surface area contributed by atoms with Crippen LogP contribution in [0.2, 0.25) is 10.3 Å².